The Kier molecular flexibility index (Phi) is 0.748. The van der Waals surface area contributed by atoms with Crippen LogP contribution in [-0.4, -0.2) is 6.21 Å². The molecule has 1 aliphatic carbocycles. The average molecular weight is 97.2 g/mol. The quantitative estimate of drug-likeness (QED) is 0.481. The van der Waals surface area contributed by atoms with Gasteiger partial charge in [-0.2, -0.15) is 0 Å². The molecule has 1 aliphatic rings. The zero-order valence-electron chi connectivity index (χ0n) is 4.86. The highest BCUT2D eigenvalue weighted by molar-refractivity contribution is 5.62. The van der Waals surface area contributed by atoms with Gasteiger partial charge < -0.3 is 5.41 Å². The van der Waals surface area contributed by atoms with Gasteiger partial charge in [0.05, 0.1) is 0 Å². The van der Waals surface area contributed by atoms with E-state index in [-0.39, 0.29) is 0 Å². The summed E-state index contributed by atoms with van der Waals surface area (Å²) in [5.41, 5.74) is 0.474. The van der Waals surface area contributed by atoms with Crippen LogP contribution >= 0.6 is 0 Å². The van der Waals surface area contributed by atoms with E-state index >= 15 is 0 Å². The van der Waals surface area contributed by atoms with E-state index in [9.17, 15) is 0 Å². The summed E-state index contributed by atoms with van der Waals surface area (Å²) in [5, 5.41) is 6.85. The highest BCUT2D eigenvalue weighted by Crippen LogP contribution is 2.49. The molecule has 1 saturated carbocycles. The van der Waals surface area contributed by atoms with E-state index in [1.807, 2.05) is 0 Å². The zero-order valence-corrected chi connectivity index (χ0v) is 4.86. The summed E-state index contributed by atoms with van der Waals surface area (Å²) < 4.78 is 0. The molecule has 40 valence electrons. The maximum absolute atomic E-state index is 6.85. The molecule has 1 fully saturated rings. The summed E-state index contributed by atoms with van der Waals surface area (Å²) in [6, 6.07) is 0. The van der Waals surface area contributed by atoms with Crippen molar-refractivity contribution in [3.05, 3.63) is 0 Å². The number of hydrogen-bond donors (Lipinski definition) is 1. The molecular formula is C6H11N. The van der Waals surface area contributed by atoms with Crippen LogP contribution in [0.15, 0.2) is 0 Å². The van der Waals surface area contributed by atoms with Crippen LogP contribution in [0.5, 0.6) is 0 Å². The third kappa shape index (κ3) is 0.671. The normalized spacial score (nSPS) is 34.9. The molecule has 0 bridgehead atoms. The molecule has 1 nitrogen and oxygen atoms in total. The Hall–Kier alpha value is -0.330. The smallest absolute Gasteiger partial charge is 0.000814 e. The van der Waals surface area contributed by atoms with Gasteiger partial charge in [0.1, 0.15) is 0 Å². The van der Waals surface area contributed by atoms with Crippen molar-refractivity contribution in [2.24, 2.45) is 11.3 Å². The van der Waals surface area contributed by atoms with Crippen molar-refractivity contribution in [2.45, 2.75) is 20.3 Å². The van der Waals surface area contributed by atoms with Crippen molar-refractivity contribution < 1.29 is 0 Å². The van der Waals surface area contributed by atoms with E-state index in [0.29, 0.717) is 11.3 Å². The molecule has 0 heterocycles. The average Bonchev–Trinajstić information content (AvgIpc) is 2.13. The van der Waals surface area contributed by atoms with Gasteiger partial charge in [0.15, 0.2) is 0 Å². The van der Waals surface area contributed by atoms with E-state index in [1.165, 1.54) is 6.42 Å². The van der Waals surface area contributed by atoms with Crippen LogP contribution in [0.25, 0.3) is 0 Å². The molecule has 1 atom stereocenters. The van der Waals surface area contributed by atoms with Crippen molar-refractivity contribution in [1.82, 2.24) is 0 Å². The zero-order chi connectivity index (χ0) is 5.49. The van der Waals surface area contributed by atoms with E-state index in [4.69, 9.17) is 5.41 Å². The fraction of sp³-hybridized carbons (Fsp3) is 0.833. The molecule has 0 radical (unpaired) electrons. The lowest BCUT2D eigenvalue weighted by Crippen LogP contribution is -1.88. The van der Waals surface area contributed by atoms with Gasteiger partial charge in [-0.3, -0.25) is 0 Å². The first-order valence-electron chi connectivity index (χ1n) is 2.67. The second kappa shape index (κ2) is 1.09. The number of rotatable bonds is 1. The number of hydrogen-bond acceptors (Lipinski definition) is 1. The Labute approximate surface area is 44.2 Å². The molecule has 0 aliphatic heterocycles. The third-order valence-corrected chi connectivity index (χ3v) is 1.79. The first-order valence-corrected chi connectivity index (χ1v) is 2.67. The van der Waals surface area contributed by atoms with Crippen molar-refractivity contribution >= 4 is 6.21 Å². The van der Waals surface area contributed by atoms with Crippen LogP contribution in [0.4, 0.5) is 0 Å². The van der Waals surface area contributed by atoms with E-state index in [1.54, 1.807) is 6.21 Å². The largest absolute Gasteiger partial charge is 0.313 e. The van der Waals surface area contributed by atoms with Gasteiger partial charge in [0.2, 0.25) is 0 Å². The standard InChI is InChI=1S/C6H11N/c1-6(2)3-5(6)4-7/h4-5,7H,3H2,1-2H3. The summed E-state index contributed by atoms with van der Waals surface area (Å²) in [6.07, 6.45) is 2.77. The number of nitrogens with one attached hydrogen (secondary N) is 1. The van der Waals surface area contributed by atoms with E-state index < -0.39 is 0 Å². The first-order chi connectivity index (χ1) is 3.17. The molecule has 1 heteroatoms. The van der Waals surface area contributed by atoms with Crippen LogP contribution in [0.1, 0.15) is 20.3 Å². The predicted octanol–water partition coefficient (Wildman–Crippen LogP) is 1.68. The van der Waals surface area contributed by atoms with Crippen LogP contribution in [0.2, 0.25) is 0 Å². The van der Waals surface area contributed by atoms with Crippen molar-refractivity contribution in [2.75, 3.05) is 0 Å². The summed E-state index contributed by atoms with van der Waals surface area (Å²) in [6.45, 7) is 4.39. The van der Waals surface area contributed by atoms with Gasteiger partial charge in [-0.15, -0.1) is 0 Å². The van der Waals surface area contributed by atoms with Crippen molar-refractivity contribution in [1.29, 1.82) is 5.41 Å². The Morgan fingerprint density at radius 3 is 2.14 bits per heavy atom. The first kappa shape index (κ1) is 4.82. The molecule has 0 spiro atoms. The van der Waals surface area contributed by atoms with E-state index in [0.717, 1.165) is 0 Å². The Balaban J connectivity index is 2.44. The lowest BCUT2D eigenvalue weighted by molar-refractivity contribution is 0.624. The van der Waals surface area contributed by atoms with Gasteiger partial charge in [0, 0.05) is 0 Å². The van der Waals surface area contributed by atoms with Crippen molar-refractivity contribution in [3.63, 3.8) is 0 Å². The summed E-state index contributed by atoms with van der Waals surface area (Å²) in [5.74, 6) is 0.590. The van der Waals surface area contributed by atoms with Crippen LogP contribution < -0.4 is 0 Å². The maximum Gasteiger partial charge on any atom is -0.000814 e. The fourth-order valence-electron chi connectivity index (χ4n) is 0.792. The minimum atomic E-state index is 0.474. The molecule has 0 aromatic heterocycles. The van der Waals surface area contributed by atoms with Crippen molar-refractivity contribution in [3.8, 4) is 0 Å². The molecule has 7 heavy (non-hydrogen) atoms. The highest BCUT2D eigenvalue weighted by atomic mass is 14.5. The van der Waals surface area contributed by atoms with Gasteiger partial charge in [0.25, 0.3) is 0 Å². The Morgan fingerprint density at radius 2 is 2.14 bits per heavy atom. The summed E-state index contributed by atoms with van der Waals surface area (Å²) in [7, 11) is 0. The summed E-state index contributed by atoms with van der Waals surface area (Å²) >= 11 is 0. The fourth-order valence-corrected chi connectivity index (χ4v) is 0.792. The second-order valence-electron chi connectivity index (χ2n) is 2.97. The summed E-state index contributed by atoms with van der Waals surface area (Å²) in [4.78, 5) is 0. The SMILES string of the molecule is CC1(C)CC1C=N. The van der Waals surface area contributed by atoms with Gasteiger partial charge in [-0.1, -0.05) is 13.8 Å². The topological polar surface area (TPSA) is 23.9 Å². The van der Waals surface area contributed by atoms with Gasteiger partial charge in [-0.05, 0) is 24.0 Å². The van der Waals surface area contributed by atoms with E-state index in [2.05, 4.69) is 13.8 Å². The molecule has 1 unspecified atom stereocenters. The van der Waals surface area contributed by atoms with Gasteiger partial charge in [-0.25, -0.2) is 0 Å². The molecule has 0 saturated heterocycles. The van der Waals surface area contributed by atoms with Crippen LogP contribution in [-0.2, 0) is 0 Å². The van der Waals surface area contributed by atoms with Crippen LogP contribution in [0.3, 0.4) is 0 Å². The lowest BCUT2D eigenvalue weighted by Gasteiger charge is -1.92. The third-order valence-electron chi connectivity index (χ3n) is 1.79. The molecule has 1 rings (SSSR count). The Morgan fingerprint density at radius 1 is 1.71 bits per heavy atom. The highest BCUT2D eigenvalue weighted by Gasteiger charge is 2.43. The monoisotopic (exact) mass is 97.1 g/mol. The minimum Gasteiger partial charge on any atom is -0.313 e. The van der Waals surface area contributed by atoms with Crippen LogP contribution in [0, 0.1) is 16.7 Å². The molecular weight excluding hydrogens is 86.1 g/mol. The minimum absolute atomic E-state index is 0.474. The molecule has 0 aromatic rings. The lowest BCUT2D eigenvalue weighted by atomic mass is 10.1. The maximum atomic E-state index is 6.85. The molecule has 0 aromatic carbocycles. The van der Waals surface area contributed by atoms with Gasteiger partial charge >= 0.3 is 0 Å². The second-order valence-corrected chi connectivity index (χ2v) is 2.97. The predicted molar refractivity (Wildman–Crippen MR) is 30.7 cm³/mol. The Bertz CT molecular complexity index is 94.4. The molecule has 0 amide bonds. The molecule has 1 N–H and O–H groups in total.